The Morgan fingerprint density at radius 2 is 1.84 bits per heavy atom. The Kier molecular flexibility index (Phi) is 6.46. The number of para-hydroxylation sites is 1. The predicted molar refractivity (Wildman–Crippen MR) is 127 cm³/mol. The second-order valence-electron chi connectivity index (χ2n) is 8.35. The summed E-state index contributed by atoms with van der Waals surface area (Å²) in [4.78, 5) is 22.1. The fraction of sp³-hybridized carbons (Fsp3) is 0.360. The van der Waals surface area contributed by atoms with Crippen molar-refractivity contribution in [2.45, 2.75) is 19.0 Å². The van der Waals surface area contributed by atoms with Gasteiger partial charge in [0.25, 0.3) is 5.91 Å². The van der Waals surface area contributed by atoms with E-state index in [2.05, 4.69) is 15.2 Å². The zero-order chi connectivity index (χ0) is 22.7. The van der Waals surface area contributed by atoms with E-state index in [0.717, 1.165) is 59.8 Å². The Hall–Kier alpha value is -3.32. The quantitative estimate of drug-likeness (QED) is 0.615. The van der Waals surface area contributed by atoms with Crippen molar-refractivity contribution in [2.75, 3.05) is 46.3 Å². The number of aromatic nitrogens is 1. The summed E-state index contributed by atoms with van der Waals surface area (Å²) in [6, 6.07) is 15.7. The van der Waals surface area contributed by atoms with Gasteiger partial charge in [0, 0.05) is 51.2 Å². The first-order valence-electron chi connectivity index (χ1n) is 10.8. The van der Waals surface area contributed by atoms with Crippen LogP contribution in [0.4, 0.5) is 5.82 Å². The van der Waals surface area contributed by atoms with E-state index in [4.69, 9.17) is 9.47 Å². The number of likely N-dealkylation sites (tertiary alicyclic amines) is 1. The molecule has 1 aliphatic heterocycles. The van der Waals surface area contributed by atoms with E-state index in [1.54, 1.807) is 14.2 Å². The lowest BCUT2D eigenvalue weighted by Gasteiger charge is -2.19. The lowest BCUT2D eigenvalue weighted by atomic mass is 10.1. The number of methoxy groups -OCH3 is 2. The molecule has 3 aromatic rings. The summed E-state index contributed by atoms with van der Waals surface area (Å²) in [7, 11) is 7.18. The smallest absolute Gasteiger partial charge is 0.252 e. The minimum absolute atomic E-state index is 0.0541. The molecular weight excluding hydrogens is 404 g/mol. The highest BCUT2D eigenvalue weighted by Crippen LogP contribution is 2.25. The lowest BCUT2D eigenvalue weighted by molar-refractivity contribution is 0.0939. The molecule has 168 valence electrons. The van der Waals surface area contributed by atoms with Gasteiger partial charge in [-0.15, -0.1) is 0 Å². The number of rotatable bonds is 7. The number of carbonyl (C=O) groups is 1. The minimum atomic E-state index is -0.0541. The molecule has 1 saturated heterocycles. The lowest BCUT2D eigenvalue weighted by Crippen LogP contribution is -2.37. The summed E-state index contributed by atoms with van der Waals surface area (Å²) < 4.78 is 10.8. The summed E-state index contributed by atoms with van der Waals surface area (Å²) in [5.41, 5.74) is 2.61. The summed E-state index contributed by atoms with van der Waals surface area (Å²) in [5.74, 6) is 2.28. The first kappa shape index (κ1) is 21.9. The number of hydrogen-bond donors (Lipinski definition) is 1. The number of nitrogens with zero attached hydrogens (tertiary/aromatic N) is 3. The van der Waals surface area contributed by atoms with Gasteiger partial charge in [0.2, 0.25) is 0 Å². The van der Waals surface area contributed by atoms with Crippen molar-refractivity contribution in [3.8, 4) is 11.5 Å². The van der Waals surface area contributed by atoms with Crippen molar-refractivity contribution in [3.05, 3.63) is 59.7 Å². The van der Waals surface area contributed by atoms with Crippen LogP contribution in [-0.4, -0.2) is 63.2 Å². The maximum Gasteiger partial charge on any atom is 0.252 e. The largest absolute Gasteiger partial charge is 0.497 e. The molecule has 0 aliphatic carbocycles. The Balaban J connectivity index is 1.46. The zero-order valence-electron chi connectivity index (χ0n) is 19.1. The average Bonchev–Trinajstić information content (AvgIpc) is 3.24. The molecular formula is C25H30N4O3. The van der Waals surface area contributed by atoms with E-state index in [9.17, 15) is 4.79 Å². The Morgan fingerprint density at radius 3 is 2.53 bits per heavy atom. The van der Waals surface area contributed by atoms with Gasteiger partial charge in [-0.1, -0.05) is 18.2 Å². The van der Waals surface area contributed by atoms with E-state index in [-0.39, 0.29) is 11.9 Å². The molecule has 7 heteroatoms. The van der Waals surface area contributed by atoms with Gasteiger partial charge < -0.3 is 19.7 Å². The second kappa shape index (κ2) is 9.44. The van der Waals surface area contributed by atoms with Gasteiger partial charge in [0.05, 0.1) is 25.3 Å². The van der Waals surface area contributed by atoms with Crippen molar-refractivity contribution >= 4 is 22.6 Å². The molecule has 1 N–H and O–H groups in total. The molecule has 2 heterocycles. The number of benzene rings is 2. The first-order valence-corrected chi connectivity index (χ1v) is 10.8. The van der Waals surface area contributed by atoms with Gasteiger partial charge in [-0.25, -0.2) is 4.98 Å². The number of ether oxygens (including phenoxy) is 2. The number of carbonyl (C=O) groups excluding carboxylic acids is 1. The van der Waals surface area contributed by atoms with Crippen LogP contribution in [0.1, 0.15) is 22.3 Å². The molecule has 1 aromatic heterocycles. The van der Waals surface area contributed by atoms with Gasteiger partial charge in [-0.05, 0) is 36.2 Å². The molecule has 32 heavy (non-hydrogen) atoms. The average molecular weight is 435 g/mol. The van der Waals surface area contributed by atoms with Crippen molar-refractivity contribution in [3.63, 3.8) is 0 Å². The number of nitrogens with one attached hydrogen (secondary N) is 1. The van der Waals surface area contributed by atoms with Crippen LogP contribution >= 0.6 is 0 Å². The highest BCUT2D eigenvalue weighted by atomic mass is 16.5. The third kappa shape index (κ3) is 4.78. The van der Waals surface area contributed by atoms with Crippen molar-refractivity contribution in [1.82, 2.24) is 15.2 Å². The first-order chi connectivity index (χ1) is 15.5. The van der Waals surface area contributed by atoms with Gasteiger partial charge in [-0.3, -0.25) is 9.69 Å². The fourth-order valence-electron chi connectivity index (χ4n) is 4.15. The monoisotopic (exact) mass is 434 g/mol. The van der Waals surface area contributed by atoms with Crippen LogP contribution in [0, 0.1) is 0 Å². The van der Waals surface area contributed by atoms with Gasteiger partial charge >= 0.3 is 0 Å². The molecule has 1 aliphatic rings. The number of hydrogen-bond acceptors (Lipinski definition) is 6. The molecule has 1 fully saturated rings. The summed E-state index contributed by atoms with van der Waals surface area (Å²) in [6.45, 7) is 2.50. The minimum Gasteiger partial charge on any atom is -0.497 e. The van der Waals surface area contributed by atoms with Crippen molar-refractivity contribution < 1.29 is 14.3 Å². The summed E-state index contributed by atoms with van der Waals surface area (Å²) >= 11 is 0. The summed E-state index contributed by atoms with van der Waals surface area (Å²) in [5, 5.41) is 4.11. The van der Waals surface area contributed by atoms with Gasteiger partial charge in [0.1, 0.15) is 17.3 Å². The molecule has 1 unspecified atom stereocenters. The Morgan fingerprint density at radius 1 is 1.12 bits per heavy atom. The van der Waals surface area contributed by atoms with E-state index in [1.165, 1.54) is 0 Å². The Bertz CT molecular complexity index is 1090. The standard InChI is InChI=1S/C25H30N4O3/c1-28(2)24-14-22(21-7-5-6-8-23(21)27-24)25(30)26-18-9-10-29(16-18)15-17-11-19(31-3)13-20(12-17)32-4/h5-8,11-14,18H,9-10,15-16H2,1-4H3,(H,26,30). The van der Waals surface area contributed by atoms with Crippen LogP contribution in [0.15, 0.2) is 48.5 Å². The van der Waals surface area contributed by atoms with Crippen molar-refractivity contribution in [1.29, 1.82) is 0 Å². The number of pyridine rings is 1. The molecule has 1 atom stereocenters. The van der Waals surface area contributed by atoms with Crippen LogP contribution in [-0.2, 0) is 6.54 Å². The van der Waals surface area contributed by atoms with E-state index in [1.807, 2.05) is 67.5 Å². The highest BCUT2D eigenvalue weighted by Gasteiger charge is 2.25. The molecule has 7 nitrogen and oxygen atoms in total. The van der Waals surface area contributed by atoms with E-state index >= 15 is 0 Å². The molecule has 0 saturated carbocycles. The highest BCUT2D eigenvalue weighted by molar-refractivity contribution is 6.07. The van der Waals surface area contributed by atoms with Gasteiger partial charge in [-0.2, -0.15) is 0 Å². The van der Waals surface area contributed by atoms with E-state index < -0.39 is 0 Å². The SMILES string of the molecule is COc1cc(CN2CCC(NC(=O)c3cc(N(C)C)nc4ccccc34)C2)cc(OC)c1. The fourth-order valence-corrected chi connectivity index (χ4v) is 4.15. The molecule has 0 bridgehead atoms. The molecule has 1 amide bonds. The molecule has 4 rings (SSSR count). The van der Waals surface area contributed by atoms with Crippen LogP contribution in [0.2, 0.25) is 0 Å². The molecule has 0 radical (unpaired) electrons. The zero-order valence-corrected chi connectivity index (χ0v) is 19.1. The molecule has 2 aromatic carbocycles. The maximum atomic E-state index is 13.2. The maximum absolute atomic E-state index is 13.2. The van der Waals surface area contributed by atoms with E-state index in [0.29, 0.717) is 5.56 Å². The second-order valence-corrected chi connectivity index (χ2v) is 8.35. The van der Waals surface area contributed by atoms with Crippen molar-refractivity contribution in [2.24, 2.45) is 0 Å². The third-order valence-electron chi connectivity index (χ3n) is 5.83. The summed E-state index contributed by atoms with van der Waals surface area (Å²) in [6.07, 6.45) is 0.913. The van der Waals surface area contributed by atoms with Gasteiger partial charge in [0.15, 0.2) is 0 Å². The number of fused-ring (bicyclic) bond motifs is 1. The number of anilines is 1. The third-order valence-corrected chi connectivity index (χ3v) is 5.83. The number of amides is 1. The normalized spacial score (nSPS) is 16.2. The predicted octanol–water partition coefficient (Wildman–Crippen LogP) is 3.32. The topological polar surface area (TPSA) is 66.9 Å². The van der Waals surface area contributed by atoms with Crippen LogP contribution in [0.3, 0.4) is 0 Å². The Labute approximate surface area is 188 Å². The molecule has 0 spiro atoms. The van der Waals surface area contributed by atoms with Crippen LogP contribution in [0.5, 0.6) is 11.5 Å². The van der Waals surface area contributed by atoms with Crippen LogP contribution in [0.25, 0.3) is 10.9 Å². The van der Waals surface area contributed by atoms with Crippen LogP contribution < -0.4 is 19.7 Å².